The summed E-state index contributed by atoms with van der Waals surface area (Å²) in [6.45, 7) is 0. The highest BCUT2D eigenvalue weighted by molar-refractivity contribution is 7.93. The lowest BCUT2D eigenvalue weighted by Gasteiger charge is -2.16. The molecule has 0 aliphatic rings. The number of hydrogen-bond donors (Lipinski definition) is 2. The molecular formula is C13H12F3N3O3S. The van der Waals surface area contributed by atoms with E-state index in [0.29, 0.717) is 11.4 Å². The number of rotatable bonds is 5. The lowest BCUT2D eigenvalue weighted by Crippen LogP contribution is -2.30. The van der Waals surface area contributed by atoms with Gasteiger partial charge in [0.05, 0.1) is 30.4 Å². The lowest BCUT2D eigenvalue weighted by atomic mass is 10.2. The maximum absolute atomic E-state index is 12.5. The quantitative estimate of drug-likeness (QED) is 0.869. The van der Waals surface area contributed by atoms with Crippen molar-refractivity contribution in [2.45, 2.75) is 5.51 Å². The Balaban J connectivity index is 2.35. The third-order valence-corrected chi connectivity index (χ3v) is 3.84. The second-order valence-corrected chi connectivity index (χ2v) is 5.97. The van der Waals surface area contributed by atoms with Crippen molar-refractivity contribution < 1.29 is 26.3 Å². The van der Waals surface area contributed by atoms with Crippen LogP contribution in [0.2, 0.25) is 0 Å². The van der Waals surface area contributed by atoms with Gasteiger partial charge in [0.25, 0.3) is 0 Å². The van der Waals surface area contributed by atoms with E-state index in [9.17, 15) is 21.6 Å². The molecule has 0 radical (unpaired) electrons. The number of nitrogens with zero attached hydrogens (tertiary/aromatic N) is 1. The third-order valence-electron chi connectivity index (χ3n) is 2.75. The molecule has 0 aliphatic carbocycles. The molecule has 0 spiro atoms. The molecule has 1 aromatic carbocycles. The maximum Gasteiger partial charge on any atom is 0.516 e. The van der Waals surface area contributed by atoms with Crippen LogP contribution in [0.4, 0.5) is 30.2 Å². The Bertz CT molecular complexity index is 794. The van der Waals surface area contributed by atoms with E-state index in [4.69, 9.17) is 4.74 Å². The van der Waals surface area contributed by atoms with Gasteiger partial charge >= 0.3 is 15.5 Å². The van der Waals surface area contributed by atoms with Crippen molar-refractivity contribution in [1.29, 1.82) is 0 Å². The number of sulfonamides is 1. The van der Waals surface area contributed by atoms with Gasteiger partial charge in [0.1, 0.15) is 5.75 Å². The van der Waals surface area contributed by atoms with Crippen molar-refractivity contribution in [1.82, 2.24) is 4.98 Å². The average molecular weight is 347 g/mol. The fourth-order valence-corrected chi connectivity index (χ4v) is 2.26. The molecule has 0 bridgehead atoms. The fraction of sp³-hybridized carbons (Fsp3) is 0.154. The first kappa shape index (κ1) is 16.9. The first-order chi connectivity index (χ1) is 10.7. The largest absolute Gasteiger partial charge is 0.516 e. The molecule has 6 nitrogen and oxygen atoms in total. The number of benzene rings is 1. The van der Waals surface area contributed by atoms with Gasteiger partial charge in [0, 0.05) is 6.20 Å². The van der Waals surface area contributed by atoms with Crippen LogP contribution in [0.25, 0.3) is 0 Å². The van der Waals surface area contributed by atoms with E-state index in [1.165, 1.54) is 24.2 Å². The number of alkyl halides is 3. The van der Waals surface area contributed by atoms with Gasteiger partial charge in [-0.15, -0.1) is 0 Å². The highest BCUT2D eigenvalue weighted by atomic mass is 32.2. The fourth-order valence-electron chi connectivity index (χ4n) is 1.68. The van der Waals surface area contributed by atoms with E-state index in [2.05, 4.69) is 10.3 Å². The second kappa shape index (κ2) is 6.32. The standard InChI is InChI=1S/C13H12F3N3O3S/c1-22-12-5-3-2-4-10(12)18-11-8-17-7-6-9(11)19-23(20,21)13(14,15)16/h2-8,18H,1H3,(H,17,19). The zero-order valence-corrected chi connectivity index (χ0v) is 12.6. The third kappa shape index (κ3) is 3.83. The van der Waals surface area contributed by atoms with Crippen LogP contribution in [0.3, 0.4) is 0 Å². The Hall–Kier alpha value is -2.49. The molecule has 2 N–H and O–H groups in total. The zero-order chi connectivity index (χ0) is 17.1. The Kier molecular flexibility index (Phi) is 4.64. The zero-order valence-electron chi connectivity index (χ0n) is 11.8. The highest BCUT2D eigenvalue weighted by Gasteiger charge is 2.46. The van der Waals surface area contributed by atoms with Gasteiger partial charge in [-0.05, 0) is 18.2 Å². The number of methoxy groups -OCH3 is 1. The van der Waals surface area contributed by atoms with Gasteiger partial charge in [-0.25, -0.2) is 0 Å². The van der Waals surface area contributed by atoms with Crippen molar-refractivity contribution in [2.75, 3.05) is 17.1 Å². The molecule has 10 heteroatoms. The molecular weight excluding hydrogens is 335 g/mol. The summed E-state index contributed by atoms with van der Waals surface area (Å²) in [7, 11) is -4.10. The number of aromatic nitrogens is 1. The lowest BCUT2D eigenvalue weighted by molar-refractivity contribution is -0.0429. The van der Waals surface area contributed by atoms with Crippen molar-refractivity contribution in [3.63, 3.8) is 0 Å². The SMILES string of the molecule is COc1ccccc1Nc1cnccc1NS(=O)(=O)C(F)(F)F. The molecule has 0 fully saturated rings. The minimum atomic E-state index is -5.53. The van der Waals surface area contributed by atoms with Gasteiger partial charge in [-0.3, -0.25) is 9.71 Å². The van der Waals surface area contributed by atoms with Crippen LogP contribution in [0, 0.1) is 0 Å². The van der Waals surface area contributed by atoms with E-state index < -0.39 is 15.5 Å². The summed E-state index contributed by atoms with van der Waals surface area (Å²) in [6, 6.07) is 7.76. The van der Waals surface area contributed by atoms with Gasteiger partial charge < -0.3 is 10.1 Å². The summed E-state index contributed by atoms with van der Waals surface area (Å²) >= 11 is 0. The van der Waals surface area contributed by atoms with Crippen LogP contribution < -0.4 is 14.8 Å². The number of pyridine rings is 1. The molecule has 2 aromatic rings. The van der Waals surface area contributed by atoms with Crippen LogP contribution in [0.15, 0.2) is 42.7 Å². The number of halogens is 3. The summed E-state index contributed by atoms with van der Waals surface area (Å²) in [4.78, 5) is 3.77. The Morgan fingerprint density at radius 1 is 1.09 bits per heavy atom. The molecule has 0 saturated carbocycles. The molecule has 0 aliphatic heterocycles. The average Bonchev–Trinajstić information content (AvgIpc) is 2.48. The van der Waals surface area contributed by atoms with Crippen molar-refractivity contribution in [3.05, 3.63) is 42.7 Å². The summed E-state index contributed by atoms with van der Waals surface area (Å²) in [5.41, 5.74) is -5.22. The molecule has 0 saturated heterocycles. The molecule has 2 rings (SSSR count). The Morgan fingerprint density at radius 2 is 1.78 bits per heavy atom. The van der Waals surface area contributed by atoms with E-state index in [-0.39, 0.29) is 11.4 Å². The van der Waals surface area contributed by atoms with Crippen LogP contribution in [-0.4, -0.2) is 26.0 Å². The molecule has 23 heavy (non-hydrogen) atoms. The van der Waals surface area contributed by atoms with Crippen LogP contribution >= 0.6 is 0 Å². The monoisotopic (exact) mass is 347 g/mol. The summed E-state index contributed by atoms with van der Waals surface area (Å²) in [6.07, 6.45) is 2.36. The summed E-state index contributed by atoms with van der Waals surface area (Å²) < 4.78 is 66.5. The molecule has 124 valence electrons. The van der Waals surface area contributed by atoms with Gasteiger partial charge in [0.15, 0.2) is 0 Å². The predicted molar refractivity (Wildman–Crippen MR) is 79.1 cm³/mol. The topological polar surface area (TPSA) is 80.3 Å². The van der Waals surface area contributed by atoms with E-state index in [1.807, 2.05) is 0 Å². The van der Waals surface area contributed by atoms with Crippen LogP contribution in [0.5, 0.6) is 5.75 Å². The Morgan fingerprint density at radius 3 is 2.43 bits per heavy atom. The maximum atomic E-state index is 12.5. The van der Waals surface area contributed by atoms with E-state index in [1.54, 1.807) is 24.3 Å². The molecule has 0 amide bonds. The normalized spacial score (nSPS) is 11.8. The smallest absolute Gasteiger partial charge is 0.495 e. The second-order valence-electron chi connectivity index (χ2n) is 4.30. The van der Waals surface area contributed by atoms with Crippen molar-refractivity contribution in [3.8, 4) is 5.75 Å². The molecule has 1 aromatic heterocycles. The predicted octanol–water partition coefficient (Wildman–Crippen LogP) is 3.10. The molecule has 0 atom stereocenters. The van der Waals surface area contributed by atoms with E-state index >= 15 is 0 Å². The first-order valence-corrected chi connectivity index (χ1v) is 7.66. The number of para-hydroxylation sites is 2. The molecule has 1 heterocycles. The number of hydrogen-bond acceptors (Lipinski definition) is 5. The van der Waals surface area contributed by atoms with Gasteiger partial charge in [-0.1, -0.05) is 12.1 Å². The minimum Gasteiger partial charge on any atom is -0.495 e. The number of anilines is 3. The van der Waals surface area contributed by atoms with E-state index in [0.717, 1.165) is 6.07 Å². The highest BCUT2D eigenvalue weighted by Crippen LogP contribution is 2.32. The van der Waals surface area contributed by atoms with Crippen molar-refractivity contribution >= 4 is 27.1 Å². The van der Waals surface area contributed by atoms with Crippen molar-refractivity contribution in [2.24, 2.45) is 0 Å². The molecule has 0 unspecified atom stereocenters. The number of nitrogens with one attached hydrogen (secondary N) is 2. The first-order valence-electron chi connectivity index (χ1n) is 6.18. The summed E-state index contributed by atoms with van der Waals surface area (Å²) in [5, 5.41) is 2.78. The van der Waals surface area contributed by atoms with Crippen LogP contribution in [0.1, 0.15) is 0 Å². The Labute approximate surface area is 130 Å². The minimum absolute atomic E-state index is 0.0461. The van der Waals surface area contributed by atoms with Gasteiger partial charge in [0.2, 0.25) is 0 Å². The number of ether oxygens (including phenoxy) is 1. The summed E-state index contributed by atoms with van der Waals surface area (Å²) in [5.74, 6) is 0.431. The van der Waals surface area contributed by atoms with Gasteiger partial charge in [-0.2, -0.15) is 21.6 Å². The van der Waals surface area contributed by atoms with Crippen LogP contribution in [-0.2, 0) is 10.0 Å².